The highest BCUT2D eigenvalue weighted by atomic mass is 19.1. The smallest absolute Gasteiger partial charge is 0.272 e. The van der Waals surface area contributed by atoms with E-state index >= 15 is 0 Å². The summed E-state index contributed by atoms with van der Waals surface area (Å²) < 4.78 is 14.0. The van der Waals surface area contributed by atoms with Gasteiger partial charge in [-0.2, -0.15) is 5.10 Å². The Morgan fingerprint density at radius 2 is 2.04 bits per heavy atom. The Morgan fingerprint density at radius 3 is 2.82 bits per heavy atom. The van der Waals surface area contributed by atoms with Crippen LogP contribution in [0.25, 0.3) is 10.9 Å². The van der Waals surface area contributed by atoms with Gasteiger partial charge in [0.25, 0.3) is 5.91 Å². The van der Waals surface area contributed by atoms with Gasteiger partial charge in [-0.15, -0.1) is 0 Å². The van der Waals surface area contributed by atoms with E-state index in [1.54, 1.807) is 6.07 Å². The van der Waals surface area contributed by atoms with Gasteiger partial charge in [0.15, 0.2) is 5.69 Å². The molecular formula is C21H23FN4O2. The fraction of sp³-hybridized carbons (Fsp3) is 0.333. The van der Waals surface area contributed by atoms with Crippen LogP contribution in [-0.2, 0) is 0 Å². The summed E-state index contributed by atoms with van der Waals surface area (Å²) in [4.78, 5) is 14.9. The molecule has 1 fully saturated rings. The van der Waals surface area contributed by atoms with Crippen molar-refractivity contribution in [2.75, 3.05) is 18.0 Å². The van der Waals surface area contributed by atoms with Crippen molar-refractivity contribution in [3.05, 3.63) is 59.5 Å². The van der Waals surface area contributed by atoms with Crippen LogP contribution in [-0.4, -0.2) is 40.4 Å². The monoisotopic (exact) mass is 382 g/mol. The molecule has 3 N–H and O–H groups in total. The lowest BCUT2D eigenvalue weighted by Gasteiger charge is -2.34. The van der Waals surface area contributed by atoms with E-state index in [4.69, 9.17) is 0 Å². The number of nitrogens with one attached hydrogen (secondary N) is 2. The molecule has 1 aliphatic heterocycles. The number of rotatable bonds is 4. The molecule has 0 radical (unpaired) electrons. The lowest BCUT2D eigenvalue weighted by atomic mass is 10.0. The van der Waals surface area contributed by atoms with Crippen molar-refractivity contribution in [3.8, 4) is 0 Å². The number of nitrogens with zero attached hydrogens (tertiary/aromatic N) is 2. The third-order valence-electron chi connectivity index (χ3n) is 5.29. The number of amides is 1. The highest BCUT2D eigenvalue weighted by Gasteiger charge is 2.23. The minimum atomic E-state index is -0.402. The Labute approximate surface area is 162 Å². The van der Waals surface area contributed by atoms with Crippen molar-refractivity contribution in [2.45, 2.75) is 31.9 Å². The minimum absolute atomic E-state index is 0.287. The first-order valence-corrected chi connectivity index (χ1v) is 9.49. The van der Waals surface area contributed by atoms with E-state index in [-0.39, 0.29) is 17.8 Å². The molecule has 0 bridgehead atoms. The number of H-pyrrole nitrogens is 1. The predicted molar refractivity (Wildman–Crippen MR) is 106 cm³/mol. The van der Waals surface area contributed by atoms with Gasteiger partial charge in [-0.3, -0.25) is 9.89 Å². The summed E-state index contributed by atoms with van der Waals surface area (Å²) in [6, 6.07) is 11.7. The van der Waals surface area contributed by atoms with Crippen LogP contribution in [0.5, 0.6) is 0 Å². The van der Waals surface area contributed by atoms with Crippen LogP contribution < -0.4 is 10.2 Å². The molecule has 28 heavy (non-hydrogen) atoms. The van der Waals surface area contributed by atoms with E-state index in [1.165, 1.54) is 12.1 Å². The molecule has 6 nitrogen and oxygen atoms in total. The summed E-state index contributed by atoms with van der Waals surface area (Å²) in [6.07, 6.45) is 1.07. The molecule has 0 saturated carbocycles. The number of carbonyl (C=O) groups is 1. The maximum Gasteiger partial charge on any atom is 0.272 e. The number of benzene rings is 2. The second-order valence-corrected chi connectivity index (χ2v) is 7.23. The van der Waals surface area contributed by atoms with E-state index in [0.717, 1.165) is 16.6 Å². The zero-order chi connectivity index (χ0) is 19.7. The van der Waals surface area contributed by atoms with Gasteiger partial charge in [0.2, 0.25) is 0 Å². The summed E-state index contributed by atoms with van der Waals surface area (Å²) in [5.74, 6) is -0.656. The first-order chi connectivity index (χ1) is 13.5. The van der Waals surface area contributed by atoms with Crippen LogP contribution in [0.2, 0.25) is 0 Å². The first kappa shape index (κ1) is 18.4. The molecule has 4 rings (SSSR count). The second-order valence-electron chi connectivity index (χ2n) is 7.23. The number of para-hydroxylation sites is 1. The number of aliphatic hydroxyl groups excluding tert-OH is 1. The van der Waals surface area contributed by atoms with Crippen molar-refractivity contribution in [2.24, 2.45) is 0 Å². The standard InChI is InChI=1S/C21H23FN4O2/c1-13(23-21(28)20-16-4-2-3-5-18(16)24-25-20)17-12-14(22)6-7-19(17)26-10-8-15(27)9-11-26/h2-7,12-13,15,27H,8-11H2,1H3,(H,23,28)(H,24,25). The maximum absolute atomic E-state index is 14.0. The number of fused-ring (bicyclic) bond motifs is 1. The molecule has 2 aromatic carbocycles. The van der Waals surface area contributed by atoms with Crippen LogP contribution in [0.1, 0.15) is 41.9 Å². The number of hydrogen-bond donors (Lipinski definition) is 3. The number of piperidine rings is 1. The Bertz CT molecular complexity index is 995. The summed E-state index contributed by atoms with van der Waals surface area (Å²) in [5.41, 5.74) is 2.71. The summed E-state index contributed by atoms with van der Waals surface area (Å²) in [5, 5.41) is 20.4. The van der Waals surface area contributed by atoms with E-state index < -0.39 is 6.04 Å². The van der Waals surface area contributed by atoms with E-state index in [2.05, 4.69) is 20.4 Å². The number of anilines is 1. The van der Waals surface area contributed by atoms with Gasteiger partial charge < -0.3 is 15.3 Å². The molecule has 2 heterocycles. The quantitative estimate of drug-likeness (QED) is 0.647. The van der Waals surface area contributed by atoms with Gasteiger partial charge in [-0.05, 0) is 44.0 Å². The molecule has 1 aromatic heterocycles. The van der Waals surface area contributed by atoms with Crippen molar-refractivity contribution >= 4 is 22.5 Å². The Kier molecular flexibility index (Phi) is 5.00. The molecule has 1 saturated heterocycles. The summed E-state index contributed by atoms with van der Waals surface area (Å²) in [6.45, 7) is 3.23. The van der Waals surface area contributed by atoms with Crippen LogP contribution in [0.4, 0.5) is 10.1 Å². The van der Waals surface area contributed by atoms with E-state index in [1.807, 2.05) is 31.2 Å². The molecule has 1 aliphatic rings. The largest absolute Gasteiger partial charge is 0.393 e. The Balaban J connectivity index is 1.58. The maximum atomic E-state index is 14.0. The molecule has 146 valence electrons. The molecule has 3 aromatic rings. The Hall–Kier alpha value is -2.93. The number of aromatic amines is 1. The normalized spacial score (nSPS) is 16.3. The van der Waals surface area contributed by atoms with Crippen molar-refractivity contribution < 1.29 is 14.3 Å². The van der Waals surface area contributed by atoms with Crippen LogP contribution >= 0.6 is 0 Å². The van der Waals surface area contributed by atoms with Gasteiger partial charge in [-0.1, -0.05) is 18.2 Å². The lowest BCUT2D eigenvalue weighted by Crippen LogP contribution is -2.37. The number of carbonyl (C=O) groups excluding carboxylic acids is 1. The van der Waals surface area contributed by atoms with Gasteiger partial charge >= 0.3 is 0 Å². The third kappa shape index (κ3) is 3.57. The number of hydrogen-bond acceptors (Lipinski definition) is 4. The first-order valence-electron chi connectivity index (χ1n) is 9.49. The highest BCUT2D eigenvalue weighted by molar-refractivity contribution is 6.04. The average molecular weight is 382 g/mol. The van der Waals surface area contributed by atoms with Crippen LogP contribution in [0.3, 0.4) is 0 Å². The second kappa shape index (κ2) is 7.59. The van der Waals surface area contributed by atoms with Crippen LogP contribution in [0, 0.1) is 5.82 Å². The fourth-order valence-electron chi connectivity index (χ4n) is 3.75. The topological polar surface area (TPSA) is 81.2 Å². The molecule has 1 unspecified atom stereocenters. The van der Waals surface area contributed by atoms with Crippen molar-refractivity contribution in [1.29, 1.82) is 0 Å². The van der Waals surface area contributed by atoms with Gasteiger partial charge in [0, 0.05) is 29.7 Å². The van der Waals surface area contributed by atoms with E-state index in [0.29, 0.717) is 37.2 Å². The van der Waals surface area contributed by atoms with Crippen molar-refractivity contribution in [1.82, 2.24) is 15.5 Å². The van der Waals surface area contributed by atoms with Crippen molar-refractivity contribution in [3.63, 3.8) is 0 Å². The zero-order valence-electron chi connectivity index (χ0n) is 15.7. The van der Waals surface area contributed by atoms with Crippen LogP contribution in [0.15, 0.2) is 42.5 Å². The SMILES string of the molecule is CC(NC(=O)c1n[nH]c2ccccc12)c1cc(F)ccc1N1CCC(O)CC1. The lowest BCUT2D eigenvalue weighted by molar-refractivity contribution is 0.0936. The number of halogens is 1. The highest BCUT2D eigenvalue weighted by Crippen LogP contribution is 2.30. The molecule has 0 spiro atoms. The number of aromatic nitrogens is 2. The van der Waals surface area contributed by atoms with Gasteiger partial charge in [-0.25, -0.2) is 4.39 Å². The molecule has 0 aliphatic carbocycles. The van der Waals surface area contributed by atoms with E-state index in [9.17, 15) is 14.3 Å². The third-order valence-corrected chi connectivity index (χ3v) is 5.29. The fourth-order valence-corrected chi connectivity index (χ4v) is 3.75. The number of aliphatic hydroxyl groups is 1. The summed E-state index contributed by atoms with van der Waals surface area (Å²) >= 11 is 0. The minimum Gasteiger partial charge on any atom is -0.393 e. The predicted octanol–water partition coefficient (Wildman–Crippen LogP) is 3.15. The zero-order valence-corrected chi connectivity index (χ0v) is 15.7. The molecule has 7 heteroatoms. The molecule has 1 atom stereocenters. The van der Waals surface area contributed by atoms with Gasteiger partial charge in [0.1, 0.15) is 5.82 Å². The molecular weight excluding hydrogens is 359 g/mol. The Morgan fingerprint density at radius 1 is 1.29 bits per heavy atom. The van der Waals surface area contributed by atoms with Gasteiger partial charge in [0.05, 0.1) is 17.7 Å². The molecule has 1 amide bonds. The summed E-state index contributed by atoms with van der Waals surface area (Å²) in [7, 11) is 0. The average Bonchev–Trinajstić information content (AvgIpc) is 3.13.